The van der Waals surface area contributed by atoms with Gasteiger partial charge in [0.25, 0.3) is 0 Å². The van der Waals surface area contributed by atoms with E-state index < -0.39 is 108 Å². The Hall–Kier alpha value is -5.92. The molecule has 0 aliphatic carbocycles. The molecular weight excluding hydrogens is 544 g/mol. The van der Waals surface area contributed by atoms with E-state index in [1.807, 2.05) is 0 Å². The van der Waals surface area contributed by atoms with Crippen LogP contribution >= 0.6 is 0 Å². The van der Waals surface area contributed by atoms with E-state index in [-0.39, 0.29) is 65.9 Å². The molecule has 1 aromatic heterocycles. The molecule has 0 radical (unpaired) electrons. The van der Waals surface area contributed by atoms with Crippen LogP contribution in [0.2, 0.25) is 0 Å². The molecule has 45 heavy (non-hydrogen) atoms. The predicted octanol–water partition coefficient (Wildman–Crippen LogP) is 12.6. The van der Waals surface area contributed by atoms with E-state index in [0.29, 0.717) is 16.5 Å². The third kappa shape index (κ3) is 4.09. The molecule has 0 atom stereocenters. The van der Waals surface area contributed by atoms with Crippen molar-refractivity contribution in [3.63, 3.8) is 0 Å². The molecule has 0 bridgehead atoms. The maximum Gasteiger partial charge on any atom is 0.136 e. The van der Waals surface area contributed by atoms with Crippen molar-refractivity contribution < 1.29 is 27.7 Å². The van der Waals surface area contributed by atoms with Gasteiger partial charge in [-0.25, -0.2) is 0 Å². The Kier molecular flexibility index (Phi) is 3.18. The van der Waals surface area contributed by atoms with Crippen molar-refractivity contribution in [2.45, 2.75) is 0 Å². The van der Waals surface area contributed by atoms with Crippen molar-refractivity contribution in [1.82, 2.24) is 0 Å². The second-order valence-electron chi connectivity index (χ2n) is 10.3. The van der Waals surface area contributed by atoms with Gasteiger partial charge >= 0.3 is 0 Å². The van der Waals surface area contributed by atoms with Gasteiger partial charge in [-0.1, -0.05) is 145 Å². The fourth-order valence-corrected chi connectivity index (χ4v) is 6.02. The van der Waals surface area contributed by atoms with Crippen LogP contribution < -0.4 is 0 Å². The molecule has 0 fully saturated rings. The minimum absolute atomic E-state index is 0.0518. The molecule has 8 aromatic carbocycles. The summed E-state index contributed by atoms with van der Waals surface area (Å²) in [6, 6.07) is 6.37. The lowest BCUT2D eigenvalue weighted by Gasteiger charge is -2.20. The lowest BCUT2D eigenvalue weighted by molar-refractivity contribution is 0.669. The first-order valence-corrected chi connectivity index (χ1v) is 14.1. The molecule has 0 aliphatic heterocycles. The monoisotopic (exact) mass is 589 g/mol. The molecule has 0 unspecified atom stereocenters. The maximum atomic E-state index is 9.60. The number of hydrogen-bond acceptors (Lipinski definition) is 1. The molecule has 9 rings (SSSR count). The van der Waals surface area contributed by atoms with Gasteiger partial charge in [0.15, 0.2) is 0 Å². The van der Waals surface area contributed by atoms with Crippen LogP contribution in [0, 0.1) is 0 Å². The molecule has 0 N–H and O–H groups in total. The van der Waals surface area contributed by atoms with Crippen molar-refractivity contribution in [2.75, 3.05) is 0 Å². The summed E-state index contributed by atoms with van der Waals surface area (Å²) >= 11 is 0. The van der Waals surface area contributed by atoms with E-state index in [1.54, 1.807) is 54.6 Å². The van der Waals surface area contributed by atoms with Crippen LogP contribution in [0.4, 0.5) is 0 Å². The van der Waals surface area contributed by atoms with Crippen molar-refractivity contribution in [3.05, 3.63) is 169 Å². The first-order valence-electron chi connectivity index (χ1n) is 22.6. The highest BCUT2D eigenvalue weighted by molar-refractivity contribution is 6.25. The van der Waals surface area contributed by atoms with E-state index in [1.165, 1.54) is 12.1 Å². The summed E-state index contributed by atoms with van der Waals surface area (Å²) in [6.07, 6.45) is 0. The standard InChI is InChI=1S/C44H28O/c1-3-14-29(15-4-1)31-18-13-19-32(28-31)41-33-20-7-9-22-35(33)43(36-23-10-8-21-34(36)41)38-26-27-40-44(37-24-11-12-25-39(37)45-40)42(38)30-16-5-2-6-17-30/h1-28H/i2D,5D,6D,7D,8D,9D,10D,13D,16D,17D,18D,19D,20D,21D,22D,23D,28D. The Morgan fingerprint density at radius 1 is 0.378 bits per heavy atom. The first-order chi connectivity index (χ1) is 29.4. The molecular formula is C44H28O. The van der Waals surface area contributed by atoms with Gasteiger partial charge in [-0.3, -0.25) is 0 Å². The zero-order valence-corrected chi connectivity index (χ0v) is 23.3. The van der Waals surface area contributed by atoms with Gasteiger partial charge < -0.3 is 4.42 Å². The van der Waals surface area contributed by atoms with Gasteiger partial charge in [-0.15, -0.1) is 0 Å². The summed E-state index contributed by atoms with van der Waals surface area (Å²) in [4.78, 5) is 0. The fourth-order valence-electron chi connectivity index (χ4n) is 6.02. The smallest absolute Gasteiger partial charge is 0.136 e. The van der Waals surface area contributed by atoms with Crippen LogP contribution in [-0.4, -0.2) is 0 Å². The second kappa shape index (κ2) is 10.4. The lowest BCUT2D eigenvalue weighted by Crippen LogP contribution is -1.93. The Balaban J connectivity index is 1.64. The van der Waals surface area contributed by atoms with Crippen LogP contribution in [0.25, 0.3) is 88.0 Å². The van der Waals surface area contributed by atoms with Crippen molar-refractivity contribution in [1.29, 1.82) is 0 Å². The minimum Gasteiger partial charge on any atom is -0.456 e. The minimum atomic E-state index is -0.762. The fraction of sp³-hybridized carbons (Fsp3) is 0. The zero-order valence-electron chi connectivity index (χ0n) is 40.3. The molecule has 1 heteroatoms. The highest BCUT2D eigenvalue weighted by Gasteiger charge is 2.22. The third-order valence-corrected chi connectivity index (χ3v) is 7.88. The normalized spacial score (nSPS) is 16.8. The number of hydrogen-bond donors (Lipinski definition) is 0. The summed E-state index contributed by atoms with van der Waals surface area (Å²) < 4.78 is 161. The first kappa shape index (κ1) is 13.8. The Bertz CT molecular complexity index is 3380. The summed E-state index contributed by atoms with van der Waals surface area (Å²) in [7, 11) is 0. The molecule has 0 saturated carbocycles. The number of rotatable bonds is 4. The van der Waals surface area contributed by atoms with Crippen molar-refractivity contribution in [2.24, 2.45) is 0 Å². The molecule has 0 amide bonds. The van der Waals surface area contributed by atoms with Gasteiger partial charge in [0.05, 0.1) is 23.3 Å². The lowest BCUT2D eigenvalue weighted by atomic mass is 9.82. The highest BCUT2D eigenvalue weighted by atomic mass is 16.3. The van der Waals surface area contributed by atoms with Gasteiger partial charge in [0.1, 0.15) is 11.2 Å². The summed E-state index contributed by atoms with van der Waals surface area (Å²) in [5.41, 5.74) is -0.692. The maximum absolute atomic E-state index is 9.60. The summed E-state index contributed by atoms with van der Waals surface area (Å²) in [5.74, 6) is 0. The number of benzene rings is 8. The number of fused-ring (bicyclic) bond motifs is 5. The van der Waals surface area contributed by atoms with Crippen LogP contribution in [0.3, 0.4) is 0 Å². The second-order valence-corrected chi connectivity index (χ2v) is 10.3. The van der Waals surface area contributed by atoms with E-state index in [2.05, 4.69) is 0 Å². The van der Waals surface area contributed by atoms with E-state index in [9.17, 15) is 11.0 Å². The molecule has 9 aromatic rings. The Morgan fingerprint density at radius 2 is 0.978 bits per heavy atom. The SMILES string of the molecule is [2H]c1c([2H])c([2H])c(-c2c(-c3c4c([2H])c([2H])c([2H])c([2H])c4c(-c4c([2H])c([2H])c([2H])c(-c5ccccc5)c4[2H])c4c([2H])c([2H])c([2H])c([2H])c34)ccc3oc4ccccc4c23)c([2H])c1[2H]. The van der Waals surface area contributed by atoms with Gasteiger partial charge in [0, 0.05) is 16.3 Å². The summed E-state index contributed by atoms with van der Waals surface area (Å²) in [6.45, 7) is 0. The topological polar surface area (TPSA) is 13.1 Å². The Morgan fingerprint density at radius 3 is 1.71 bits per heavy atom. The molecule has 0 saturated heterocycles. The van der Waals surface area contributed by atoms with Crippen LogP contribution in [0.5, 0.6) is 0 Å². The Labute approximate surface area is 285 Å². The van der Waals surface area contributed by atoms with E-state index in [4.69, 9.17) is 16.8 Å². The number of furan rings is 1. The van der Waals surface area contributed by atoms with Gasteiger partial charge in [-0.05, 0) is 84.7 Å². The van der Waals surface area contributed by atoms with Gasteiger partial charge in [-0.2, -0.15) is 0 Å². The van der Waals surface area contributed by atoms with Crippen LogP contribution in [-0.2, 0) is 0 Å². The molecule has 210 valence electrons. The number of para-hydroxylation sites is 1. The largest absolute Gasteiger partial charge is 0.456 e. The van der Waals surface area contributed by atoms with Crippen LogP contribution in [0.1, 0.15) is 23.3 Å². The highest BCUT2D eigenvalue weighted by Crippen LogP contribution is 2.49. The molecule has 0 aliphatic rings. The third-order valence-electron chi connectivity index (χ3n) is 7.88. The van der Waals surface area contributed by atoms with Crippen molar-refractivity contribution >= 4 is 43.5 Å². The van der Waals surface area contributed by atoms with Gasteiger partial charge in [0.2, 0.25) is 0 Å². The average molecular weight is 590 g/mol. The average Bonchev–Trinajstić information content (AvgIpc) is 3.65. The quantitative estimate of drug-likeness (QED) is 0.186. The summed E-state index contributed by atoms with van der Waals surface area (Å²) in [5, 5.41) is -0.777. The molecule has 1 nitrogen and oxygen atoms in total. The molecule has 1 heterocycles. The van der Waals surface area contributed by atoms with E-state index in [0.717, 1.165) is 0 Å². The van der Waals surface area contributed by atoms with Crippen LogP contribution in [0.15, 0.2) is 174 Å². The van der Waals surface area contributed by atoms with Crippen molar-refractivity contribution in [3.8, 4) is 44.5 Å². The zero-order chi connectivity index (χ0) is 44.5. The predicted molar refractivity (Wildman–Crippen MR) is 190 cm³/mol. The molecule has 0 spiro atoms. The van der Waals surface area contributed by atoms with E-state index >= 15 is 0 Å².